The lowest BCUT2D eigenvalue weighted by molar-refractivity contribution is 0.0636. The molecule has 1 amide bonds. The van der Waals surface area contributed by atoms with Crippen molar-refractivity contribution < 1.29 is 9.53 Å². The predicted octanol–water partition coefficient (Wildman–Crippen LogP) is 3.55. The van der Waals surface area contributed by atoms with Gasteiger partial charge in [0.1, 0.15) is 5.60 Å². The van der Waals surface area contributed by atoms with Gasteiger partial charge in [-0.05, 0) is 64.8 Å². The summed E-state index contributed by atoms with van der Waals surface area (Å²) in [6.45, 7) is 7.56. The Labute approximate surface area is 120 Å². The monoisotopic (exact) mass is 276 g/mol. The standard InChI is InChI=1S/C16H24N2O2/c1-11-10-12(16(17-5)8-9-16)6-7-13(11)18-14(19)20-15(2,3)4/h6-7,10,17H,8-9H2,1-5H3,(H,18,19). The lowest BCUT2D eigenvalue weighted by Crippen LogP contribution is -2.27. The number of nitrogens with one attached hydrogen (secondary N) is 2. The first-order valence-corrected chi connectivity index (χ1v) is 7.06. The molecule has 0 aliphatic heterocycles. The number of rotatable bonds is 3. The summed E-state index contributed by atoms with van der Waals surface area (Å²) in [5.74, 6) is 0. The molecule has 1 aromatic carbocycles. The predicted molar refractivity (Wildman–Crippen MR) is 81.0 cm³/mol. The van der Waals surface area contributed by atoms with Gasteiger partial charge in [-0.25, -0.2) is 4.79 Å². The zero-order valence-corrected chi connectivity index (χ0v) is 13.0. The van der Waals surface area contributed by atoms with Crippen molar-refractivity contribution >= 4 is 11.8 Å². The number of benzene rings is 1. The van der Waals surface area contributed by atoms with Crippen LogP contribution in [0.15, 0.2) is 18.2 Å². The molecule has 1 aliphatic carbocycles. The highest BCUT2D eigenvalue weighted by Crippen LogP contribution is 2.45. The third-order valence-corrected chi connectivity index (χ3v) is 3.64. The fraction of sp³-hybridized carbons (Fsp3) is 0.562. The fourth-order valence-electron chi connectivity index (χ4n) is 2.32. The average molecular weight is 276 g/mol. The van der Waals surface area contributed by atoms with E-state index in [1.54, 1.807) is 0 Å². The van der Waals surface area contributed by atoms with Gasteiger partial charge in [0, 0.05) is 11.2 Å². The Bertz CT molecular complexity index is 514. The van der Waals surface area contributed by atoms with Crippen LogP contribution in [0.5, 0.6) is 0 Å². The Morgan fingerprint density at radius 1 is 1.30 bits per heavy atom. The van der Waals surface area contributed by atoms with Gasteiger partial charge >= 0.3 is 6.09 Å². The Morgan fingerprint density at radius 3 is 2.40 bits per heavy atom. The SMILES string of the molecule is CNC1(c2ccc(NC(=O)OC(C)(C)C)c(C)c2)CC1. The van der Waals surface area contributed by atoms with E-state index in [9.17, 15) is 4.79 Å². The first-order chi connectivity index (χ1) is 9.26. The van der Waals surface area contributed by atoms with Crippen LogP contribution in [0.1, 0.15) is 44.7 Å². The van der Waals surface area contributed by atoms with Crippen LogP contribution in [0.4, 0.5) is 10.5 Å². The van der Waals surface area contributed by atoms with Crippen molar-refractivity contribution in [1.82, 2.24) is 5.32 Å². The number of ether oxygens (including phenoxy) is 1. The van der Waals surface area contributed by atoms with Crippen molar-refractivity contribution in [3.05, 3.63) is 29.3 Å². The molecule has 2 rings (SSSR count). The molecule has 0 spiro atoms. The molecular weight excluding hydrogens is 252 g/mol. The van der Waals surface area contributed by atoms with E-state index >= 15 is 0 Å². The van der Waals surface area contributed by atoms with Crippen LogP contribution in [-0.2, 0) is 10.3 Å². The summed E-state index contributed by atoms with van der Waals surface area (Å²) < 4.78 is 5.27. The molecule has 4 nitrogen and oxygen atoms in total. The van der Waals surface area contributed by atoms with Crippen molar-refractivity contribution in [3.8, 4) is 0 Å². The zero-order valence-electron chi connectivity index (χ0n) is 13.0. The van der Waals surface area contributed by atoms with Crippen LogP contribution < -0.4 is 10.6 Å². The van der Waals surface area contributed by atoms with Gasteiger partial charge < -0.3 is 10.1 Å². The molecule has 2 N–H and O–H groups in total. The van der Waals surface area contributed by atoms with E-state index in [1.165, 1.54) is 18.4 Å². The summed E-state index contributed by atoms with van der Waals surface area (Å²) in [5.41, 5.74) is 2.80. The summed E-state index contributed by atoms with van der Waals surface area (Å²) >= 11 is 0. The summed E-state index contributed by atoms with van der Waals surface area (Å²) in [6, 6.07) is 6.16. The molecule has 0 saturated heterocycles. The highest BCUT2D eigenvalue weighted by atomic mass is 16.6. The average Bonchev–Trinajstić information content (AvgIpc) is 3.10. The quantitative estimate of drug-likeness (QED) is 0.887. The molecule has 1 saturated carbocycles. The molecular formula is C16H24N2O2. The first-order valence-electron chi connectivity index (χ1n) is 7.06. The maximum absolute atomic E-state index is 11.8. The van der Waals surface area contributed by atoms with E-state index in [0.29, 0.717) is 0 Å². The number of hydrogen-bond acceptors (Lipinski definition) is 3. The second kappa shape index (κ2) is 5.09. The molecule has 4 heteroatoms. The van der Waals surface area contributed by atoms with E-state index in [2.05, 4.69) is 22.8 Å². The number of carbonyl (C=O) groups is 1. The van der Waals surface area contributed by atoms with Crippen molar-refractivity contribution in [2.75, 3.05) is 12.4 Å². The lowest BCUT2D eigenvalue weighted by Gasteiger charge is -2.21. The minimum absolute atomic E-state index is 0.148. The largest absolute Gasteiger partial charge is 0.444 e. The molecule has 110 valence electrons. The normalized spacial score (nSPS) is 16.6. The maximum atomic E-state index is 11.8. The maximum Gasteiger partial charge on any atom is 0.412 e. The number of hydrogen-bond donors (Lipinski definition) is 2. The summed E-state index contributed by atoms with van der Waals surface area (Å²) in [6.07, 6.45) is 1.92. The van der Waals surface area contributed by atoms with Crippen LogP contribution in [0.2, 0.25) is 0 Å². The first kappa shape index (κ1) is 14.9. The van der Waals surface area contributed by atoms with E-state index in [-0.39, 0.29) is 5.54 Å². The molecule has 0 unspecified atom stereocenters. The van der Waals surface area contributed by atoms with Crippen LogP contribution in [-0.4, -0.2) is 18.7 Å². The number of carbonyl (C=O) groups excluding carboxylic acids is 1. The van der Waals surface area contributed by atoms with Crippen molar-refractivity contribution in [3.63, 3.8) is 0 Å². The molecule has 0 atom stereocenters. The molecule has 0 heterocycles. The summed E-state index contributed by atoms with van der Waals surface area (Å²) in [7, 11) is 2.00. The Kier molecular flexibility index (Phi) is 3.78. The van der Waals surface area contributed by atoms with Gasteiger partial charge in [-0.3, -0.25) is 5.32 Å². The minimum atomic E-state index is -0.484. The van der Waals surface area contributed by atoms with Crippen molar-refractivity contribution in [2.45, 2.75) is 51.7 Å². The lowest BCUT2D eigenvalue weighted by atomic mass is 10.0. The number of anilines is 1. The van der Waals surface area contributed by atoms with E-state index in [0.717, 1.165) is 11.3 Å². The van der Waals surface area contributed by atoms with E-state index in [1.807, 2.05) is 40.8 Å². The third kappa shape index (κ3) is 3.31. The van der Waals surface area contributed by atoms with Crippen LogP contribution in [0.25, 0.3) is 0 Å². The second-order valence-corrected chi connectivity index (χ2v) is 6.49. The van der Waals surface area contributed by atoms with Gasteiger partial charge in [-0.1, -0.05) is 12.1 Å². The number of amides is 1. The Balaban J connectivity index is 2.09. The molecule has 20 heavy (non-hydrogen) atoms. The van der Waals surface area contributed by atoms with Gasteiger partial charge in [-0.15, -0.1) is 0 Å². The molecule has 1 aromatic rings. The second-order valence-electron chi connectivity index (χ2n) is 6.49. The van der Waals surface area contributed by atoms with Crippen LogP contribution >= 0.6 is 0 Å². The number of aryl methyl sites for hydroxylation is 1. The van der Waals surface area contributed by atoms with Gasteiger partial charge in [0.15, 0.2) is 0 Å². The van der Waals surface area contributed by atoms with E-state index < -0.39 is 11.7 Å². The van der Waals surface area contributed by atoms with Gasteiger partial charge in [0.05, 0.1) is 0 Å². The van der Waals surface area contributed by atoms with Gasteiger partial charge in [0.25, 0.3) is 0 Å². The highest BCUT2D eigenvalue weighted by Gasteiger charge is 2.42. The summed E-state index contributed by atoms with van der Waals surface area (Å²) in [5, 5.41) is 6.18. The fourth-order valence-corrected chi connectivity index (χ4v) is 2.32. The topological polar surface area (TPSA) is 50.4 Å². The molecule has 0 bridgehead atoms. The van der Waals surface area contributed by atoms with Crippen LogP contribution in [0.3, 0.4) is 0 Å². The van der Waals surface area contributed by atoms with Crippen molar-refractivity contribution in [1.29, 1.82) is 0 Å². The van der Waals surface area contributed by atoms with E-state index in [4.69, 9.17) is 4.74 Å². The molecule has 0 radical (unpaired) electrons. The minimum Gasteiger partial charge on any atom is -0.444 e. The summed E-state index contributed by atoms with van der Waals surface area (Å²) in [4.78, 5) is 11.8. The van der Waals surface area contributed by atoms with Gasteiger partial charge in [0.2, 0.25) is 0 Å². The van der Waals surface area contributed by atoms with Gasteiger partial charge in [-0.2, -0.15) is 0 Å². The smallest absolute Gasteiger partial charge is 0.412 e. The van der Waals surface area contributed by atoms with Crippen molar-refractivity contribution in [2.24, 2.45) is 0 Å². The Hall–Kier alpha value is -1.55. The molecule has 0 aromatic heterocycles. The molecule has 1 aliphatic rings. The molecule has 1 fully saturated rings. The Morgan fingerprint density at radius 2 is 1.95 bits per heavy atom. The highest BCUT2D eigenvalue weighted by molar-refractivity contribution is 5.86. The third-order valence-electron chi connectivity index (χ3n) is 3.64. The zero-order chi connectivity index (χ0) is 15.0. The van der Waals surface area contributed by atoms with Crippen LogP contribution in [0, 0.1) is 6.92 Å².